The maximum Gasteiger partial charge on any atom is 0.326 e. The van der Waals surface area contributed by atoms with Crippen LogP contribution in [0.1, 0.15) is 46.5 Å². The monoisotopic (exact) mass is 444 g/mol. The van der Waals surface area contributed by atoms with Crippen molar-refractivity contribution >= 4 is 29.7 Å². The molecule has 0 aromatic carbocycles. The lowest BCUT2D eigenvalue weighted by atomic mass is 10.0. The number of carbonyl (C=O) groups is 5. The topological polar surface area (TPSA) is 199 Å². The van der Waals surface area contributed by atoms with Gasteiger partial charge in [0.15, 0.2) is 0 Å². The molecule has 5 atom stereocenters. The molecule has 1 fully saturated rings. The number of nitrogens with one attached hydrogen (secondary N) is 2. The first-order valence-electron chi connectivity index (χ1n) is 10.1. The second-order valence-electron chi connectivity index (χ2n) is 8.14. The molecule has 1 aliphatic heterocycles. The van der Waals surface area contributed by atoms with Gasteiger partial charge in [-0.3, -0.25) is 19.2 Å². The standard InChI is InChI=1S/C19H32N4O8/c1-9(2)7-11(16(27)22-12(19(30)31)8-14(25)26)21-17(28)13-5-4-6-23(13)18(29)15(20)10(3)24/h9-13,15,24H,4-8,20H2,1-3H3,(H,21,28)(H,22,27)(H,25,26)(H,30,31). The summed E-state index contributed by atoms with van der Waals surface area (Å²) in [5, 5.41) is 32.2. The van der Waals surface area contributed by atoms with Gasteiger partial charge < -0.3 is 36.6 Å². The van der Waals surface area contributed by atoms with Crippen molar-refractivity contribution in [2.75, 3.05) is 6.54 Å². The van der Waals surface area contributed by atoms with Gasteiger partial charge in [0.1, 0.15) is 24.2 Å². The Morgan fingerprint density at radius 1 is 1.06 bits per heavy atom. The summed E-state index contributed by atoms with van der Waals surface area (Å²) in [5.74, 6) is -4.97. The van der Waals surface area contributed by atoms with Crippen molar-refractivity contribution in [3.63, 3.8) is 0 Å². The maximum absolute atomic E-state index is 12.8. The molecule has 12 nitrogen and oxygen atoms in total. The van der Waals surface area contributed by atoms with E-state index >= 15 is 0 Å². The molecule has 176 valence electrons. The smallest absolute Gasteiger partial charge is 0.326 e. The van der Waals surface area contributed by atoms with Crippen LogP contribution in [-0.4, -0.2) is 86.7 Å². The Morgan fingerprint density at radius 3 is 2.16 bits per heavy atom. The minimum Gasteiger partial charge on any atom is -0.481 e. The molecule has 0 bridgehead atoms. The van der Waals surface area contributed by atoms with Gasteiger partial charge in [-0.25, -0.2) is 4.79 Å². The quantitative estimate of drug-likeness (QED) is 0.214. The van der Waals surface area contributed by atoms with Crippen LogP contribution in [0.15, 0.2) is 0 Å². The number of carbonyl (C=O) groups excluding carboxylic acids is 3. The number of hydrogen-bond donors (Lipinski definition) is 6. The van der Waals surface area contributed by atoms with E-state index in [9.17, 15) is 29.1 Å². The molecule has 0 radical (unpaired) electrons. The molecular formula is C19H32N4O8. The van der Waals surface area contributed by atoms with Crippen LogP contribution in [0.2, 0.25) is 0 Å². The van der Waals surface area contributed by atoms with Gasteiger partial charge in [0.05, 0.1) is 12.5 Å². The molecule has 12 heteroatoms. The number of aliphatic hydroxyl groups is 1. The first-order valence-corrected chi connectivity index (χ1v) is 10.1. The predicted octanol–water partition coefficient (Wildman–Crippen LogP) is -1.74. The van der Waals surface area contributed by atoms with E-state index in [1.807, 2.05) is 0 Å². The summed E-state index contributed by atoms with van der Waals surface area (Å²) in [6.07, 6.45) is -0.858. The van der Waals surface area contributed by atoms with Gasteiger partial charge in [-0.2, -0.15) is 0 Å². The molecular weight excluding hydrogens is 412 g/mol. The lowest BCUT2D eigenvalue weighted by Gasteiger charge is -2.29. The zero-order valence-corrected chi connectivity index (χ0v) is 17.9. The third-order valence-electron chi connectivity index (χ3n) is 4.98. The van der Waals surface area contributed by atoms with Crippen LogP contribution < -0.4 is 16.4 Å². The molecule has 7 N–H and O–H groups in total. The third kappa shape index (κ3) is 7.79. The largest absolute Gasteiger partial charge is 0.481 e. The summed E-state index contributed by atoms with van der Waals surface area (Å²) in [7, 11) is 0. The van der Waals surface area contributed by atoms with Crippen LogP contribution in [0, 0.1) is 5.92 Å². The number of likely N-dealkylation sites (tertiary alicyclic amines) is 1. The molecule has 1 aliphatic rings. The average Bonchev–Trinajstić information content (AvgIpc) is 3.14. The van der Waals surface area contributed by atoms with Crippen molar-refractivity contribution in [1.29, 1.82) is 0 Å². The lowest BCUT2D eigenvalue weighted by Crippen LogP contribution is -2.58. The average molecular weight is 444 g/mol. The predicted molar refractivity (Wildman–Crippen MR) is 108 cm³/mol. The number of amides is 3. The highest BCUT2D eigenvalue weighted by atomic mass is 16.4. The lowest BCUT2D eigenvalue weighted by molar-refractivity contribution is -0.147. The van der Waals surface area contributed by atoms with E-state index in [1.54, 1.807) is 13.8 Å². The third-order valence-corrected chi connectivity index (χ3v) is 4.98. The number of nitrogens with two attached hydrogens (primary N) is 1. The van der Waals surface area contributed by atoms with E-state index in [1.165, 1.54) is 11.8 Å². The summed E-state index contributed by atoms with van der Waals surface area (Å²) in [6, 6.07) is -4.83. The van der Waals surface area contributed by atoms with Crippen molar-refractivity contribution in [2.24, 2.45) is 11.7 Å². The Hall–Kier alpha value is -2.73. The Kier molecular flexibility index (Phi) is 9.85. The van der Waals surface area contributed by atoms with E-state index in [0.717, 1.165) is 0 Å². The highest BCUT2D eigenvalue weighted by molar-refractivity contribution is 5.95. The number of carboxylic acids is 2. The molecule has 1 rings (SSSR count). The number of rotatable bonds is 11. The first kappa shape index (κ1) is 26.3. The van der Waals surface area contributed by atoms with E-state index in [2.05, 4.69) is 10.6 Å². The summed E-state index contributed by atoms with van der Waals surface area (Å²) in [6.45, 7) is 5.24. The zero-order valence-electron chi connectivity index (χ0n) is 17.9. The Labute approximate surface area is 180 Å². The molecule has 0 saturated carbocycles. The normalized spacial score (nSPS) is 19.9. The number of nitrogens with zero attached hydrogens (tertiary/aromatic N) is 1. The van der Waals surface area contributed by atoms with Gasteiger partial charge in [0.25, 0.3) is 0 Å². The fourth-order valence-corrected chi connectivity index (χ4v) is 3.32. The number of carboxylic acid groups (broad SMARTS) is 2. The molecule has 5 unspecified atom stereocenters. The maximum atomic E-state index is 12.8. The number of aliphatic hydroxyl groups excluding tert-OH is 1. The highest BCUT2D eigenvalue weighted by Crippen LogP contribution is 2.19. The van der Waals surface area contributed by atoms with Crippen molar-refractivity contribution in [2.45, 2.75) is 76.7 Å². The second-order valence-corrected chi connectivity index (χ2v) is 8.14. The van der Waals surface area contributed by atoms with Crippen molar-refractivity contribution in [3.05, 3.63) is 0 Å². The Balaban J connectivity index is 2.93. The molecule has 0 aliphatic carbocycles. The fraction of sp³-hybridized carbons (Fsp3) is 0.737. The summed E-state index contributed by atoms with van der Waals surface area (Å²) >= 11 is 0. The van der Waals surface area contributed by atoms with Crippen LogP contribution in [0.3, 0.4) is 0 Å². The van der Waals surface area contributed by atoms with Crippen LogP contribution >= 0.6 is 0 Å². The molecule has 3 amide bonds. The molecule has 1 saturated heterocycles. The summed E-state index contributed by atoms with van der Waals surface area (Å²) in [5.41, 5.74) is 5.70. The Morgan fingerprint density at radius 2 is 1.68 bits per heavy atom. The SMILES string of the molecule is CC(C)CC(NC(=O)C1CCCN1C(=O)C(N)C(C)O)C(=O)NC(CC(=O)O)C(=O)O. The van der Waals surface area contributed by atoms with E-state index in [-0.39, 0.29) is 18.9 Å². The molecule has 0 aromatic heterocycles. The molecule has 31 heavy (non-hydrogen) atoms. The van der Waals surface area contributed by atoms with Crippen LogP contribution in [0.4, 0.5) is 0 Å². The molecule has 0 spiro atoms. The number of hydrogen-bond acceptors (Lipinski definition) is 7. The molecule has 0 aromatic rings. The number of aliphatic carboxylic acids is 2. The van der Waals surface area contributed by atoms with Gasteiger partial charge in [-0.15, -0.1) is 0 Å². The highest BCUT2D eigenvalue weighted by Gasteiger charge is 2.39. The molecule has 1 heterocycles. The van der Waals surface area contributed by atoms with Gasteiger partial charge in [-0.05, 0) is 32.1 Å². The van der Waals surface area contributed by atoms with Crippen molar-refractivity contribution in [1.82, 2.24) is 15.5 Å². The van der Waals surface area contributed by atoms with Crippen molar-refractivity contribution in [3.8, 4) is 0 Å². The van der Waals surface area contributed by atoms with Gasteiger partial charge in [-0.1, -0.05) is 13.8 Å². The van der Waals surface area contributed by atoms with Gasteiger partial charge in [0, 0.05) is 6.54 Å². The van der Waals surface area contributed by atoms with Crippen LogP contribution in [0.5, 0.6) is 0 Å². The minimum atomic E-state index is -1.65. The zero-order chi connectivity index (χ0) is 23.9. The van der Waals surface area contributed by atoms with Gasteiger partial charge >= 0.3 is 11.9 Å². The minimum absolute atomic E-state index is 0.0521. The van der Waals surface area contributed by atoms with Gasteiger partial charge in [0.2, 0.25) is 17.7 Å². The summed E-state index contributed by atoms with van der Waals surface area (Å²) < 4.78 is 0. The van der Waals surface area contributed by atoms with E-state index in [0.29, 0.717) is 12.8 Å². The summed E-state index contributed by atoms with van der Waals surface area (Å²) in [4.78, 5) is 61.3. The Bertz CT molecular complexity index is 696. The van der Waals surface area contributed by atoms with Crippen LogP contribution in [0.25, 0.3) is 0 Å². The van der Waals surface area contributed by atoms with Crippen LogP contribution in [-0.2, 0) is 24.0 Å². The first-order chi connectivity index (χ1) is 14.3. The second kappa shape index (κ2) is 11.6. The van der Waals surface area contributed by atoms with Crippen molar-refractivity contribution < 1.29 is 39.3 Å². The fourth-order valence-electron chi connectivity index (χ4n) is 3.32. The van der Waals surface area contributed by atoms with E-state index < -0.39 is 66.4 Å². The van der Waals surface area contributed by atoms with E-state index in [4.69, 9.17) is 15.9 Å².